The first-order chi connectivity index (χ1) is 9.73. The van der Waals surface area contributed by atoms with Gasteiger partial charge in [-0.1, -0.05) is 0 Å². The Labute approximate surface area is 123 Å². The fraction of sp³-hybridized carbons (Fsp3) is 0.429. The molecule has 21 heavy (non-hydrogen) atoms. The van der Waals surface area contributed by atoms with Crippen LogP contribution in [0.25, 0.3) is 0 Å². The molecule has 2 rings (SSSR count). The highest BCUT2D eigenvalue weighted by atomic mass is 32.2. The van der Waals surface area contributed by atoms with Crippen LogP contribution in [-0.2, 0) is 20.3 Å². The van der Waals surface area contributed by atoms with Crippen molar-refractivity contribution in [1.82, 2.24) is 0 Å². The third-order valence-electron chi connectivity index (χ3n) is 3.44. The van der Waals surface area contributed by atoms with Gasteiger partial charge in [-0.3, -0.25) is 9.35 Å². The lowest BCUT2D eigenvalue weighted by Crippen LogP contribution is -2.18. The van der Waals surface area contributed by atoms with Crippen molar-refractivity contribution in [3.05, 3.63) is 23.8 Å². The van der Waals surface area contributed by atoms with Crippen LogP contribution in [0.5, 0.6) is 5.75 Å². The van der Waals surface area contributed by atoms with Crippen LogP contribution in [-0.4, -0.2) is 42.5 Å². The van der Waals surface area contributed by atoms with E-state index in [4.69, 9.17) is 9.29 Å². The number of benzene rings is 1. The SMILES string of the molecule is CC1(C)C=[N+](CCCS(=O)(=O)O)c2ccc(OC=O)cc21. The van der Waals surface area contributed by atoms with E-state index in [1.807, 2.05) is 36.8 Å². The largest absolute Gasteiger partial charge is 0.429 e. The van der Waals surface area contributed by atoms with Crippen LogP contribution < -0.4 is 4.74 Å². The summed E-state index contributed by atoms with van der Waals surface area (Å²) >= 11 is 0. The average Bonchev–Trinajstić information content (AvgIpc) is 2.60. The highest BCUT2D eigenvalue weighted by Gasteiger charge is 2.37. The molecule has 0 saturated heterocycles. The summed E-state index contributed by atoms with van der Waals surface area (Å²) in [5, 5.41) is 0. The molecule has 1 aliphatic heterocycles. The molecule has 1 aromatic rings. The van der Waals surface area contributed by atoms with Crippen molar-refractivity contribution in [2.24, 2.45) is 0 Å². The summed E-state index contributed by atoms with van der Waals surface area (Å²) in [6.45, 7) is 4.93. The molecule has 114 valence electrons. The predicted octanol–water partition coefficient (Wildman–Crippen LogP) is 1.51. The number of hydrogen-bond donors (Lipinski definition) is 1. The Bertz CT molecular complexity index is 691. The normalized spacial score (nSPS) is 16.2. The van der Waals surface area contributed by atoms with E-state index in [1.54, 1.807) is 6.07 Å². The number of fused-ring (bicyclic) bond motifs is 1. The molecule has 0 aromatic heterocycles. The van der Waals surface area contributed by atoms with Gasteiger partial charge in [-0.15, -0.1) is 0 Å². The van der Waals surface area contributed by atoms with Crippen LogP contribution in [0, 0.1) is 0 Å². The minimum absolute atomic E-state index is 0.240. The van der Waals surface area contributed by atoms with E-state index >= 15 is 0 Å². The minimum atomic E-state index is -3.94. The molecule has 0 aliphatic carbocycles. The summed E-state index contributed by atoms with van der Waals surface area (Å²) in [6, 6.07) is 5.34. The van der Waals surface area contributed by atoms with Gasteiger partial charge in [0.15, 0.2) is 6.21 Å². The highest BCUT2D eigenvalue weighted by Crippen LogP contribution is 2.38. The average molecular weight is 312 g/mol. The molecule has 0 radical (unpaired) electrons. The van der Waals surface area contributed by atoms with Crippen molar-refractivity contribution in [1.29, 1.82) is 0 Å². The van der Waals surface area contributed by atoms with Gasteiger partial charge in [0, 0.05) is 18.1 Å². The van der Waals surface area contributed by atoms with Gasteiger partial charge in [0.2, 0.25) is 5.69 Å². The Kier molecular flexibility index (Phi) is 4.15. The lowest BCUT2D eigenvalue weighted by Gasteiger charge is -2.11. The van der Waals surface area contributed by atoms with Crippen LogP contribution in [0.15, 0.2) is 18.2 Å². The third kappa shape index (κ3) is 3.68. The van der Waals surface area contributed by atoms with E-state index in [9.17, 15) is 13.2 Å². The molecule has 7 heteroatoms. The number of rotatable bonds is 6. The van der Waals surface area contributed by atoms with Gasteiger partial charge >= 0.3 is 0 Å². The summed E-state index contributed by atoms with van der Waals surface area (Å²) in [6.07, 6.45) is 2.34. The predicted molar refractivity (Wildman–Crippen MR) is 78.0 cm³/mol. The second-order valence-electron chi connectivity index (χ2n) is 5.58. The molecule has 0 atom stereocenters. The molecule has 1 N–H and O–H groups in total. The monoisotopic (exact) mass is 312 g/mol. The molecule has 0 saturated carbocycles. The van der Waals surface area contributed by atoms with E-state index in [0.29, 0.717) is 25.2 Å². The van der Waals surface area contributed by atoms with Crippen molar-refractivity contribution in [3.63, 3.8) is 0 Å². The molecule has 1 aromatic carbocycles. The lowest BCUT2D eigenvalue weighted by molar-refractivity contribution is -0.433. The molecule has 0 amide bonds. The highest BCUT2D eigenvalue weighted by molar-refractivity contribution is 7.85. The van der Waals surface area contributed by atoms with Crippen LogP contribution in [0.4, 0.5) is 5.69 Å². The molecule has 1 aliphatic rings. The summed E-state index contributed by atoms with van der Waals surface area (Å²) < 4.78 is 37.1. The number of ether oxygens (including phenoxy) is 1. The molecule has 0 bridgehead atoms. The van der Waals surface area contributed by atoms with Crippen LogP contribution in [0.2, 0.25) is 0 Å². The maximum absolute atomic E-state index is 10.8. The minimum Gasteiger partial charge on any atom is -0.429 e. The summed E-state index contributed by atoms with van der Waals surface area (Å²) in [4.78, 5) is 10.4. The van der Waals surface area contributed by atoms with Crippen molar-refractivity contribution >= 4 is 28.5 Å². The van der Waals surface area contributed by atoms with Crippen molar-refractivity contribution in [3.8, 4) is 5.75 Å². The Hall–Kier alpha value is -1.73. The van der Waals surface area contributed by atoms with Gasteiger partial charge in [-0.25, -0.2) is 4.58 Å². The van der Waals surface area contributed by atoms with Gasteiger partial charge in [0.05, 0.1) is 11.2 Å². The standard InChI is InChI=1S/C14H17NO5S/c1-14(2)9-15(6-3-7-21(17,18)19)13-5-4-11(20-10-16)8-12(13)14/h4-5,8-10H,3,6-7H2,1-2H3/p+1. The summed E-state index contributed by atoms with van der Waals surface area (Å²) in [7, 11) is -3.94. The fourth-order valence-electron chi connectivity index (χ4n) is 2.54. The van der Waals surface area contributed by atoms with E-state index in [0.717, 1.165) is 11.3 Å². The van der Waals surface area contributed by atoms with Gasteiger partial charge < -0.3 is 4.74 Å². The first kappa shape index (κ1) is 15.7. The zero-order valence-corrected chi connectivity index (χ0v) is 12.8. The molecule has 0 spiro atoms. The Morgan fingerprint density at radius 2 is 2.10 bits per heavy atom. The molecular weight excluding hydrogens is 294 g/mol. The lowest BCUT2D eigenvalue weighted by atomic mass is 9.87. The van der Waals surface area contributed by atoms with Crippen molar-refractivity contribution in [2.75, 3.05) is 12.3 Å². The van der Waals surface area contributed by atoms with E-state index in [1.165, 1.54) is 0 Å². The van der Waals surface area contributed by atoms with Crippen LogP contribution >= 0.6 is 0 Å². The molecule has 6 nitrogen and oxygen atoms in total. The topological polar surface area (TPSA) is 83.7 Å². The first-order valence-corrected chi connectivity index (χ1v) is 8.16. The second kappa shape index (κ2) is 5.57. The Balaban J connectivity index is 2.22. The van der Waals surface area contributed by atoms with Crippen LogP contribution in [0.3, 0.4) is 0 Å². The molecule has 1 heterocycles. The van der Waals surface area contributed by atoms with Crippen LogP contribution in [0.1, 0.15) is 25.8 Å². The molecule has 0 unspecified atom stereocenters. The summed E-state index contributed by atoms with van der Waals surface area (Å²) in [5.74, 6) is 0.212. The number of hydrogen-bond acceptors (Lipinski definition) is 4. The van der Waals surface area contributed by atoms with E-state index in [2.05, 4.69) is 0 Å². The van der Waals surface area contributed by atoms with Gasteiger partial charge in [0.1, 0.15) is 12.3 Å². The smallest absolute Gasteiger partial charge is 0.298 e. The Morgan fingerprint density at radius 3 is 2.71 bits per heavy atom. The fourth-order valence-corrected chi connectivity index (χ4v) is 3.04. The quantitative estimate of drug-likeness (QED) is 0.489. The second-order valence-corrected chi connectivity index (χ2v) is 7.15. The first-order valence-electron chi connectivity index (χ1n) is 6.55. The number of carbonyl (C=O) groups excluding carboxylic acids is 1. The zero-order chi connectivity index (χ0) is 15.7. The van der Waals surface area contributed by atoms with Crippen molar-refractivity contribution in [2.45, 2.75) is 25.7 Å². The maximum atomic E-state index is 10.8. The maximum Gasteiger partial charge on any atom is 0.298 e. The van der Waals surface area contributed by atoms with Gasteiger partial charge in [-0.2, -0.15) is 8.42 Å². The number of carbonyl (C=O) groups is 1. The van der Waals surface area contributed by atoms with E-state index in [-0.39, 0.29) is 11.2 Å². The Morgan fingerprint density at radius 1 is 1.38 bits per heavy atom. The van der Waals surface area contributed by atoms with Crippen molar-refractivity contribution < 1.29 is 27.1 Å². The van der Waals surface area contributed by atoms with Gasteiger partial charge in [0.25, 0.3) is 16.6 Å². The summed E-state index contributed by atoms with van der Waals surface area (Å²) in [5.41, 5.74) is 1.72. The van der Waals surface area contributed by atoms with E-state index < -0.39 is 10.1 Å². The zero-order valence-electron chi connectivity index (χ0n) is 11.9. The number of nitrogens with zero attached hydrogens (tertiary/aromatic N) is 1. The molecular formula is C14H18NO5S+. The van der Waals surface area contributed by atoms with Gasteiger partial charge in [-0.05, 0) is 26.0 Å². The third-order valence-corrected chi connectivity index (χ3v) is 4.24. The molecule has 0 fully saturated rings.